The number of hydrogen-bond donors (Lipinski definition) is 2. The average molecular weight is 222 g/mol. The topological polar surface area (TPSA) is 41.1 Å². The van der Waals surface area contributed by atoms with E-state index in [9.17, 15) is 4.79 Å². The standard InChI is InChI=1S/C13H22N2O/c16-13(7-10-3-4-14-8-10)15-12-6-9-1-2-11(12)5-9/h9-12,14H,1-8H2,(H,15,16). The second kappa shape index (κ2) is 4.36. The van der Waals surface area contributed by atoms with E-state index in [2.05, 4.69) is 10.6 Å². The van der Waals surface area contributed by atoms with Crippen molar-refractivity contribution in [2.45, 2.75) is 44.6 Å². The number of carbonyl (C=O) groups is 1. The van der Waals surface area contributed by atoms with E-state index in [-0.39, 0.29) is 0 Å². The van der Waals surface area contributed by atoms with Crippen LogP contribution in [-0.2, 0) is 4.79 Å². The molecule has 0 aromatic carbocycles. The van der Waals surface area contributed by atoms with Gasteiger partial charge in [-0.2, -0.15) is 0 Å². The van der Waals surface area contributed by atoms with E-state index >= 15 is 0 Å². The molecule has 3 nitrogen and oxygen atoms in total. The van der Waals surface area contributed by atoms with Crippen LogP contribution in [-0.4, -0.2) is 25.0 Å². The summed E-state index contributed by atoms with van der Waals surface area (Å²) in [5.41, 5.74) is 0. The molecule has 0 aromatic rings. The first-order valence-corrected chi connectivity index (χ1v) is 6.81. The summed E-state index contributed by atoms with van der Waals surface area (Å²) in [6.07, 6.45) is 7.28. The van der Waals surface area contributed by atoms with Crippen molar-refractivity contribution < 1.29 is 4.79 Å². The molecule has 1 saturated heterocycles. The molecule has 1 amide bonds. The number of nitrogens with one attached hydrogen (secondary N) is 2. The Kier molecular flexibility index (Phi) is 2.88. The summed E-state index contributed by atoms with van der Waals surface area (Å²) in [6, 6.07) is 0.514. The molecule has 3 rings (SSSR count). The molecule has 3 heteroatoms. The van der Waals surface area contributed by atoms with Crippen LogP contribution >= 0.6 is 0 Å². The third kappa shape index (κ3) is 2.10. The summed E-state index contributed by atoms with van der Waals surface area (Å²) >= 11 is 0. The fourth-order valence-electron chi connectivity index (χ4n) is 3.84. The number of carbonyl (C=O) groups excluding carboxylic acids is 1. The second-order valence-corrected chi connectivity index (χ2v) is 5.91. The van der Waals surface area contributed by atoms with Crippen molar-refractivity contribution in [3.8, 4) is 0 Å². The van der Waals surface area contributed by atoms with Gasteiger partial charge in [-0.15, -0.1) is 0 Å². The van der Waals surface area contributed by atoms with Crippen molar-refractivity contribution in [2.75, 3.05) is 13.1 Å². The van der Waals surface area contributed by atoms with Gasteiger partial charge < -0.3 is 10.6 Å². The molecule has 16 heavy (non-hydrogen) atoms. The van der Waals surface area contributed by atoms with Gasteiger partial charge in [0.25, 0.3) is 0 Å². The van der Waals surface area contributed by atoms with E-state index in [1.165, 1.54) is 32.1 Å². The monoisotopic (exact) mass is 222 g/mol. The molecule has 3 fully saturated rings. The van der Waals surface area contributed by atoms with Crippen LogP contribution < -0.4 is 10.6 Å². The highest BCUT2D eigenvalue weighted by Crippen LogP contribution is 2.44. The lowest BCUT2D eigenvalue weighted by molar-refractivity contribution is -0.122. The molecule has 2 N–H and O–H groups in total. The molecular formula is C13H22N2O. The minimum atomic E-state index is 0.297. The van der Waals surface area contributed by atoms with E-state index in [1.807, 2.05) is 0 Å². The van der Waals surface area contributed by atoms with Crippen LogP contribution in [0.5, 0.6) is 0 Å². The zero-order valence-corrected chi connectivity index (χ0v) is 9.87. The van der Waals surface area contributed by atoms with E-state index in [0.29, 0.717) is 17.9 Å². The Labute approximate surface area is 97.4 Å². The van der Waals surface area contributed by atoms with E-state index in [0.717, 1.165) is 31.3 Å². The van der Waals surface area contributed by atoms with Gasteiger partial charge in [-0.05, 0) is 56.5 Å². The summed E-state index contributed by atoms with van der Waals surface area (Å²) in [6.45, 7) is 2.12. The zero-order chi connectivity index (χ0) is 11.0. The van der Waals surface area contributed by atoms with Gasteiger partial charge >= 0.3 is 0 Å². The second-order valence-electron chi connectivity index (χ2n) is 5.91. The molecule has 3 aliphatic rings. The summed E-state index contributed by atoms with van der Waals surface area (Å²) < 4.78 is 0. The molecule has 0 spiro atoms. The molecule has 2 aliphatic carbocycles. The highest BCUT2D eigenvalue weighted by Gasteiger charge is 2.40. The molecule has 1 aliphatic heterocycles. The van der Waals surface area contributed by atoms with Gasteiger partial charge in [-0.1, -0.05) is 6.42 Å². The number of amides is 1. The zero-order valence-electron chi connectivity index (χ0n) is 9.87. The number of hydrogen-bond acceptors (Lipinski definition) is 2. The van der Waals surface area contributed by atoms with Gasteiger partial charge in [-0.25, -0.2) is 0 Å². The first kappa shape index (κ1) is 10.6. The molecular weight excluding hydrogens is 200 g/mol. The summed E-state index contributed by atoms with van der Waals surface area (Å²) in [4.78, 5) is 11.9. The van der Waals surface area contributed by atoms with E-state index in [1.54, 1.807) is 0 Å². The molecule has 2 bridgehead atoms. The predicted molar refractivity (Wildman–Crippen MR) is 63.0 cm³/mol. The van der Waals surface area contributed by atoms with Gasteiger partial charge in [0.2, 0.25) is 5.91 Å². The lowest BCUT2D eigenvalue weighted by Gasteiger charge is -2.23. The summed E-state index contributed by atoms with van der Waals surface area (Å²) in [5.74, 6) is 2.60. The summed E-state index contributed by atoms with van der Waals surface area (Å²) in [7, 11) is 0. The SMILES string of the molecule is O=C(CC1CCNC1)NC1CC2CCC1C2. The van der Waals surface area contributed by atoms with E-state index < -0.39 is 0 Å². The fraction of sp³-hybridized carbons (Fsp3) is 0.923. The maximum Gasteiger partial charge on any atom is 0.220 e. The van der Waals surface area contributed by atoms with Gasteiger partial charge in [0.1, 0.15) is 0 Å². The Morgan fingerprint density at radius 2 is 2.19 bits per heavy atom. The maximum absolute atomic E-state index is 11.9. The number of fused-ring (bicyclic) bond motifs is 2. The van der Waals surface area contributed by atoms with Crippen LogP contribution in [0, 0.1) is 17.8 Å². The molecule has 4 unspecified atom stereocenters. The highest BCUT2D eigenvalue weighted by molar-refractivity contribution is 5.76. The van der Waals surface area contributed by atoms with Gasteiger partial charge in [0.05, 0.1) is 0 Å². The van der Waals surface area contributed by atoms with Crippen LogP contribution in [0.3, 0.4) is 0 Å². The Morgan fingerprint density at radius 3 is 2.81 bits per heavy atom. The van der Waals surface area contributed by atoms with Gasteiger partial charge in [-0.3, -0.25) is 4.79 Å². The Bertz CT molecular complexity index is 273. The minimum absolute atomic E-state index is 0.297. The smallest absolute Gasteiger partial charge is 0.220 e. The van der Waals surface area contributed by atoms with Crippen molar-refractivity contribution in [1.29, 1.82) is 0 Å². The van der Waals surface area contributed by atoms with E-state index in [4.69, 9.17) is 0 Å². The molecule has 0 radical (unpaired) electrons. The third-order valence-electron chi connectivity index (χ3n) is 4.72. The molecule has 4 atom stereocenters. The maximum atomic E-state index is 11.9. The van der Waals surface area contributed by atoms with Crippen molar-refractivity contribution in [2.24, 2.45) is 17.8 Å². The van der Waals surface area contributed by atoms with Crippen LogP contribution in [0.4, 0.5) is 0 Å². The largest absolute Gasteiger partial charge is 0.353 e. The van der Waals surface area contributed by atoms with Crippen molar-refractivity contribution in [1.82, 2.24) is 10.6 Å². The van der Waals surface area contributed by atoms with Gasteiger partial charge in [0.15, 0.2) is 0 Å². The Balaban J connectivity index is 1.45. The van der Waals surface area contributed by atoms with Crippen LogP contribution in [0.1, 0.15) is 38.5 Å². The van der Waals surface area contributed by atoms with Crippen molar-refractivity contribution in [3.05, 3.63) is 0 Å². The average Bonchev–Trinajstić information content (AvgIpc) is 2.92. The van der Waals surface area contributed by atoms with Crippen molar-refractivity contribution in [3.63, 3.8) is 0 Å². The normalized spacial score (nSPS) is 41.5. The van der Waals surface area contributed by atoms with Crippen LogP contribution in [0.2, 0.25) is 0 Å². The van der Waals surface area contributed by atoms with Gasteiger partial charge in [0, 0.05) is 12.5 Å². The number of rotatable bonds is 3. The quantitative estimate of drug-likeness (QED) is 0.755. The first-order valence-electron chi connectivity index (χ1n) is 6.81. The Morgan fingerprint density at radius 1 is 1.25 bits per heavy atom. The molecule has 0 aromatic heterocycles. The lowest BCUT2D eigenvalue weighted by atomic mass is 9.95. The van der Waals surface area contributed by atoms with Crippen molar-refractivity contribution >= 4 is 5.91 Å². The fourth-order valence-corrected chi connectivity index (χ4v) is 3.84. The third-order valence-corrected chi connectivity index (χ3v) is 4.72. The van der Waals surface area contributed by atoms with Crippen LogP contribution in [0.15, 0.2) is 0 Å². The Hall–Kier alpha value is -0.570. The lowest BCUT2D eigenvalue weighted by Crippen LogP contribution is -2.39. The van der Waals surface area contributed by atoms with Crippen LogP contribution in [0.25, 0.3) is 0 Å². The highest BCUT2D eigenvalue weighted by atomic mass is 16.1. The molecule has 90 valence electrons. The molecule has 1 heterocycles. The predicted octanol–water partition coefficient (Wildman–Crippen LogP) is 1.29. The summed E-state index contributed by atoms with van der Waals surface area (Å²) in [5, 5.41) is 6.59. The molecule has 2 saturated carbocycles. The first-order chi connectivity index (χ1) is 7.81. The minimum Gasteiger partial charge on any atom is -0.353 e.